The summed E-state index contributed by atoms with van der Waals surface area (Å²) >= 11 is 4.94. The van der Waals surface area contributed by atoms with Crippen molar-refractivity contribution in [1.82, 2.24) is 9.80 Å². The van der Waals surface area contributed by atoms with Crippen LogP contribution < -0.4 is 5.73 Å². The molecule has 0 aromatic heterocycles. The second kappa shape index (κ2) is 7.29. The van der Waals surface area contributed by atoms with Gasteiger partial charge in [-0.15, -0.1) is 0 Å². The molecule has 0 amide bonds. The van der Waals surface area contributed by atoms with Crippen LogP contribution in [0.1, 0.15) is 31.4 Å². The fourth-order valence-corrected chi connectivity index (χ4v) is 3.25. The Kier molecular flexibility index (Phi) is 5.67. The first-order valence-corrected chi connectivity index (χ1v) is 8.00. The summed E-state index contributed by atoms with van der Waals surface area (Å²) in [5.74, 6) is -0.269. The van der Waals surface area contributed by atoms with Gasteiger partial charge in [-0.2, -0.15) is 0 Å². The molecule has 0 spiro atoms. The zero-order valence-electron chi connectivity index (χ0n) is 12.8. The summed E-state index contributed by atoms with van der Waals surface area (Å²) in [5.41, 5.74) is 7.16. The van der Waals surface area contributed by atoms with Gasteiger partial charge in [-0.05, 0) is 43.3 Å². The molecule has 2 N–H and O–H groups in total. The third-order valence-electron chi connectivity index (χ3n) is 4.22. The molecule has 1 saturated heterocycles. The third kappa shape index (κ3) is 4.22. The predicted molar refractivity (Wildman–Crippen MR) is 88.9 cm³/mol. The Balaban J connectivity index is 2.01. The largest absolute Gasteiger partial charge is 0.389 e. The van der Waals surface area contributed by atoms with E-state index in [9.17, 15) is 4.39 Å². The first-order chi connectivity index (χ1) is 10.0. The van der Waals surface area contributed by atoms with Crippen LogP contribution in [0.2, 0.25) is 0 Å². The second-order valence-corrected chi connectivity index (χ2v) is 6.05. The average Bonchev–Trinajstić information content (AvgIpc) is 2.88. The van der Waals surface area contributed by atoms with Gasteiger partial charge >= 0.3 is 0 Å². The summed E-state index contributed by atoms with van der Waals surface area (Å²) in [4.78, 5) is 5.12. The number of rotatable bonds is 6. The molecule has 1 atom stereocenters. The van der Waals surface area contributed by atoms with E-state index in [1.54, 1.807) is 6.07 Å². The van der Waals surface area contributed by atoms with Crippen LogP contribution in [-0.2, 0) is 6.54 Å². The van der Waals surface area contributed by atoms with Gasteiger partial charge in [0.15, 0.2) is 0 Å². The molecule has 1 aromatic rings. The molecule has 0 bridgehead atoms. The number of nitrogens with two attached hydrogens (primary N) is 1. The van der Waals surface area contributed by atoms with Crippen LogP contribution in [0.15, 0.2) is 18.2 Å². The number of likely N-dealkylation sites (tertiary alicyclic amines) is 1. The second-order valence-electron chi connectivity index (χ2n) is 5.61. The quantitative estimate of drug-likeness (QED) is 0.818. The molecular formula is C16H24FN3S. The van der Waals surface area contributed by atoms with Crippen molar-refractivity contribution in [2.24, 2.45) is 5.73 Å². The number of hydrogen-bond donors (Lipinski definition) is 1. The molecule has 1 heterocycles. The van der Waals surface area contributed by atoms with Gasteiger partial charge in [-0.3, -0.25) is 9.80 Å². The molecule has 1 aromatic carbocycles. The molecule has 3 nitrogen and oxygen atoms in total. The molecule has 0 radical (unpaired) electrons. The van der Waals surface area contributed by atoms with Crippen molar-refractivity contribution in [3.63, 3.8) is 0 Å². The molecule has 0 saturated carbocycles. The first kappa shape index (κ1) is 16.3. The number of halogens is 1. The van der Waals surface area contributed by atoms with Gasteiger partial charge in [0.05, 0.1) is 0 Å². The van der Waals surface area contributed by atoms with E-state index < -0.39 is 0 Å². The van der Waals surface area contributed by atoms with E-state index in [-0.39, 0.29) is 10.8 Å². The highest BCUT2D eigenvalue weighted by atomic mass is 32.1. The lowest BCUT2D eigenvalue weighted by Gasteiger charge is -2.26. The Bertz CT molecular complexity index is 502. The highest BCUT2D eigenvalue weighted by Gasteiger charge is 2.26. The van der Waals surface area contributed by atoms with Crippen molar-refractivity contribution < 1.29 is 4.39 Å². The molecule has 1 fully saturated rings. The maximum Gasteiger partial charge on any atom is 0.124 e. The molecule has 21 heavy (non-hydrogen) atoms. The van der Waals surface area contributed by atoms with Crippen molar-refractivity contribution in [2.45, 2.75) is 32.9 Å². The van der Waals surface area contributed by atoms with Gasteiger partial charge in [0.2, 0.25) is 0 Å². The molecule has 0 aliphatic carbocycles. The zero-order valence-corrected chi connectivity index (χ0v) is 13.6. The van der Waals surface area contributed by atoms with Crippen molar-refractivity contribution in [3.8, 4) is 0 Å². The van der Waals surface area contributed by atoms with Crippen molar-refractivity contribution >= 4 is 17.2 Å². The van der Waals surface area contributed by atoms with E-state index in [0.717, 1.165) is 38.3 Å². The lowest BCUT2D eigenvalue weighted by atomic mass is 10.1. The van der Waals surface area contributed by atoms with E-state index in [4.69, 9.17) is 18.0 Å². The third-order valence-corrected chi connectivity index (χ3v) is 4.46. The topological polar surface area (TPSA) is 32.5 Å². The summed E-state index contributed by atoms with van der Waals surface area (Å²) in [6, 6.07) is 5.49. The van der Waals surface area contributed by atoms with E-state index in [1.807, 2.05) is 6.07 Å². The Morgan fingerprint density at radius 2 is 2.10 bits per heavy atom. The number of likely N-dealkylation sites (N-methyl/N-ethyl adjacent to an activating group) is 1. The van der Waals surface area contributed by atoms with Crippen molar-refractivity contribution in [3.05, 3.63) is 35.1 Å². The fourth-order valence-electron chi connectivity index (χ4n) is 3.14. The Morgan fingerprint density at radius 3 is 2.71 bits per heavy atom. The smallest absolute Gasteiger partial charge is 0.124 e. The lowest BCUT2D eigenvalue weighted by Crippen LogP contribution is -2.37. The summed E-state index contributed by atoms with van der Waals surface area (Å²) in [5, 5.41) is 0. The van der Waals surface area contributed by atoms with Gasteiger partial charge in [-0.25, -0.2) is 4.39 Å². The van der Waals surface area contributed by atoms with Crippen LogP contribution in [0.4, 0.5) is 4.39 Å². The van der Waals surface area contributed by atoms with Crippen LogP contribution in [-0.4, -0.2) is 47.0 Å². The number of benzene rings is 1. The first-order valence-electron chi connectivity index (χ1n) is 7.59. The summed E-state index contributed by atoms with van der Waals surface area (Å²) in [7, 11) is 0. The molecule has 2 rings (SSSR count). The van der Waals surface area contributed by atoms with Crippen LogP contribution in [0.5, 0.6) is 0 Å². The minimum absolute atomic E-state index is 0.248. The number of hydrogen-bond acceptors (Lipinski definition) is 3. The summed E-state index contributed by atoms with van der Waals surface area (Å²) in [6.45, 7) is 9.42. The zero-order chi connectivity index (χ0) is 15.4. The highest BCUT2D eigenvalue weighted by Crippen LogP contribution is 2.19. The van der Waals surface area contributed by atoms with E-state index >= 15 is 0 Å². The minimum atomic E-state index is -0.269. The maximum absolute atomic E-state index is 13.6. The normalized spacial score (nSPS) is 19.3. The Hall–Kier alpha value is -1.04. The Morgan fingerprint density at radius 1 is 1.38 bits per heavy atom. The number of thiocarbonyl (C=S) groups is 1. The summed E-state index contributed by atoms with van der Waals surface area (Å²) in [6.07, 6.45) is 1.18. The molecule has 5 heteroatoms. The summed E-state index contributed by atoms with van der Waals surface area (Å²) < 4.78 is 13.6. The van der Waals surface area contributed by atoms with E-state index in [2.05, 4.69) is 23.6 Å². The fraction of sp³-hybridized carbons (Fsp3) is 0.562. The monoisotopic (exact) mass is 309 g/mol. The molecule has 1 unspecified atom stereocenters. The molecule has 116 valence electrons. The standard InChI is InChI=1S/C16H24FN3S/c1-3-20(4-2)15-5-6-19(11-15)10-12-7-13(16(18)21)9-14(17)8-12/h7-9,15H,3-6,10-11H2,1-2H3,(H2,18,21). The predicted octanol–water partition coefficient (Wildman–Crippen LogP) is 2.38. The van der Waals surface area contributed by atoms with E-state index in [1.165, 1.54) is 12.5 Å². The van der Waals surface area contributed by atoms with Crippen molar-refractivity contribution in [1.29, 1.82) is 0 Å². The molecule has 1 aliphatic heterocycles. The van der Waals surface area contributed by atoms with E-state index in [0.29, 0.717) is 11.6 Å². The molecule has 1 aliphatic rings. The van der Waals surface area contributed by atoms with Gasteiger partial charge in [0.25, 0.3) is 0 Å². The van der Waals surface area contributed by atoms with Crippen LogP contribution in [0.25, 0.3) is 0 Å². The molecular weight excluding hydrogens is 285 g/mol. The SMILES string of the molecule is CCN(CC)C1CCN(Cc2cc(F)cc(C(N)=S)c2)C1. The van der Waals surface area contributed by atoms with Gasteiger partial charge in [0.1, 0.15) is 10.8 Å². The highest BCUT2D eigenvalue weighted by molar-refractivity contribution is 7.80. The Labute approximate surface area is 131 Å². The average molecular weight is 309 g/mol. The van der Waals surface area contributed by atoms with Crippen molar-refractivity contribution in [2.75, 3.05) is 26.2 Å². The number of nitrogens with zero attached hydrogens (tertiary/aromatic N) is 2. The lowest BCUT2D eigenvalue weighted by molar-refractivity contribution is 0.209. The maximum atomic E-state index is 13.6. The minimum Gasteiger partial charge on any atom is -0.389 e. The van der Waals surface area contributed by atoms with Crippen LogP contribution >= 0.6 is 12.2 Å². The van der Waals surface area contributed by atoms with Gasteiger partial charge in [-0.1, -0.05) is 26.1 Å². The van der Waals surface area contributed by atoms with Crippen LogP contribution in [0.3, 0.4) is 0 Å². The van der Waals surface area contributed by atoms with Gasteiger partial charge in [0, 0.05) is 31.2 Å². The van der Waals surface area contributed by atoms with Gasteiger partial charge < -0.3 is 5.73 Å². The van der Waals surface area contributed by atoms with Crippen LogP contribution in [0, 0.1) is 5.82 Å².